The van der Waals surface area contributed by atoms with Gasteiger partial charge in [0.25, 0.3) is 5.91 Å². The van der Waals surface area contributed by atoms with Crippen LogP contribution in [0.5, 0.6) is 0 Å². The van der Waals surface area contributed by atoms with Gasteiger partial charge in [-0.05, 0) is 24.3 Å². The molecule has 2 aromatic rings. The van der Waals surface area contributed by atoms with Crippen molar-refractivity contribution >= 4 is 17.5 Å². The number of rotatable bonds is 6. The van der Waals surface area contributed by atoms with Gasteiger partial charge in [0.05, 0.1) is 18.8 Å². The summed E-state index contributed by atoms with van der Waals surface area (Å²) in [5, 5.41) is 23.2. The highest BCUT2D eigenvalue weighted by Gasteiger charge is 2.44. The number of carbonyl (C=O) groups excluding carboxylic acids is 2. The van der Waals surface area contributed by atoms with Gasteiger partial charge in [0.2, 0.25) is 5.91 Å². The van der Waals surface area contributed by atoms with Crippen molar-refractivity contribution in [2.75, 3.05) is 37.6 Å². The monoisotopic (exact) mass is 429 g/mol. The molecule has 4 rings (SSSR count). The summed E-state index contributed by atoms with van der Waals surface area (Å²) < 4.78 is 10.7. The predicted octanol–water partition coefficient (Wildman–Crippen LogP) is 0.238. The maximum atomic E-state index is 12.7. The molecule has 2 aliphatic rings. The van der Waals surface area contributed by atoms with Crippen molar-refractivity contribution in [3.63, 3.8) is 0 Å². The second kappa shape index (κ2) is 9.51. The molecule has 2 saturated heterocycles. The third kappa shape index (κ3) is 4.90. The van der Waals surface area contributed by atoms with E-state index in [0.717, 1.165) is 18.8 Å². The van der Waals surface area contributed by atoms with Crippen molar-refractivity contribution in [1.29, 1.82) is 0 Å². The van der Waals surface area contributed by atoms with Gasteiger partial charge in [0, 0.05) is 38.4 Å². The quantitative estimate of drug-likeness (QED) is 0.602. The van der Waals surface area contributed by atoms with Crippen LogP contribution < -0.4 is 10.2 Å². The van der Waals surface area contributed by atoms with E-state index >= 15 is 0 Å². The first kappa shape index (κ1) is 21.4. The number of benzene rings is 1. The van der Waals surface area contributed by atoms with Gasteiger partial charge >= 0.3 is 0 Å². The highest BCUT2D eigenvalue weighted by Crippen LogP contribution is 2.25. The number of para-hydroxylation sites is 1. The minimum absolute atomic E-state index is 0.00179. The molecule has 9 nitrogen and oxygen atoms in total. The van der Waals surface area contributed by atoms with Crippen molar-refractivity contribution < 1.29 is 29.0 Å². The van der Waals surface area contributed by atoms with Crippen LogP contribution in [0.4, 0.5) is 5.69 Å². The maximum absolute atomic E-state index is 12.7. The Kier molecular flexibility index (Phi) is 6.55. The molecule has 3 heterocycles. The van der Waals surface area contributed by atoms with Crippen LogP contribution in [-0.4, -0.2) is 84.1 Å². The molecule has 2 amide bonds. The largest absolute Gasteiger partial charge is 0.459 e. The van der Waals surface area contributed by atoms with Gasteiger partial charge in [-0.3, -0.25) is 9.59 Å². The van der Waals surface area contributed by atoms with Crippen LogP contribution in [-0.2, 0) is 9.53 Å². The Morgan fingerprint density at radius 2 is 1.68 bits per heavy atom. The Balaban J connectivity index is 1.25. The zero-order valence-corrected chi connectivity index (χ0v) is 17.1. The van der Waals surface area contributed by atoms with E-state index in [1.54, 1.807) is 11.0 Å². The van der Waals surface area contributed by atoms with E-state index < -0.39 is 30.3 Å². The topological polar surface area (TPSA) is 115 Å². The number of carbonyl (C=O) groups is 2. The molecule has 1 aromatic carbocycles. The Morgan fingerprint density at radius 1 is 0.968 bits per heavy atom. The maximum Gasteiger partial charge on any atom is 0.287 e. The highest BCUT2D eigenvalue weighted by atomic mass is 16.5. The molecule has 0 saturated carbocycles. The van der Waals surface area contributed by atoms with Crippen molar-refractivity contribution in [3.8, 4) is 0 Å². The molecule has 0 unspecified atom stereocenters. The first-order valence-electron chi connectivity index (χ1n) is 10.4. The number of nitrogens with one attached hydrogen (secondary N) is 1. The van der Waals surface area contributed by atoms with Gasteiger partial charge in [0.15, 0.2) is 5.76 Å². The fourth-order valence-corrected chi connectivity index (χ4v) is 4.01. The number of amides is 2. The lowest BCUT2D eigenvalue weighted by molar-refractivity contribution is -0.135. The molecular weight excluding hydrogens is 402 g/mol. The van der Waals surface area contributed by atoms with E-state index in [9.17, 15) is 19.8 Å². The minimum atomic E-state index is -1.19. The van der Waals surface area contributed by atoms with Crippen LogP contribution >= 0.6 is 0 Å². The van der Waals surface area contributed by atoms with E-state index in [-0.39, 0.29) is 24.6 Å². The summed E-state index contributed by atoms with van der Waals surface area (Å²) >= 11 is 0. The first-order chi connectivity index (χ1) is 15.0. The summed E-state index contributed by atoms with van der Waals surface area (Å²) in [6, 6.07) is 13.2. The number of ether oxygens (including phenoxy) is 1. The number of aliphatic hydroxyl groups is 2. The zero-order valence-electron chi connectivity index (χ0n) is 17.1. The smallest absolute Gasteiger partial charge is 0.287 e. The standard InChI is InChI=1S/C22H27N3O6/c26-19(25-10-8-24(9-11-25)15-5-2-1-3-6-15)13-17-20(27)21(28)18(31-17)14-23-22(29)16-7-4-12-30-16/h1-7,12,17-18,20-21,27-28H,8-11,13-14H2,(H,23,29)/t17-,18+,20-,21+/m0/s1. The van der Waals surface area contributed by atoms with Crippen molar-refractivity contribution in [2.45, 2.75) is 30.8 Å². The van der Waals surface area contributed by atoms with Gasteiger partial charge in [-0.25, -0.2) is 0 Å². The average Bonchev–Trinajstić information content (AvgIpc) is 3.43. The third-order valence-corrected chi connectivity index (χ3v) is 5.80. The molecule has 1 aromatic heterocycles. The second-order valence-electron chi connectivity index (χ2n) is 7.79. The number of aliphatic hydroxyl groups excluding tert-OH is 2. The number of anilines is 1. The molecule has 4 atom stereocenters. The van der Waals surface area contributed by atoms with Crippen LogP contribution in [0.1, 0.15) is 17.0 Å². The second-order valence-corrected chi connectivity index (χ2v) is 7.79. The van der Waals surface area contributed by atoms with Crippen molar-refractivity contribution in [1.82, 2.24) is 10.2 Å². The fourth-order valence-electron chi connectivity index (χ4n) is 4.01. The lowest BCUT2D eigenvalue weighted by Gasteiger charge is -2.36. The Morgan fingerprint density at radius 3 is 2.35 bits per heavy atom. The van der Waals surface area contributed by atoms with Crippen LogP contribution in [0.25, 0.3) is 0 Å². The van der Waals surface area contributed by atoms with Gasteiger partial charge in [-0.15, -0.1) is 0 Å². The molecule has 2 fully saturated rings. The fraction of sp³-hybridized carbons (Fsp3) is 0.455. The third-order valence-electron chi connectivity index (χ3n) is 5.80. The molecule has 0 aliphatic carbocycles. The molecule has 31 heavy (non-hydrogen) atoms. The van der Waals surface area contributed by atoms with E-state index in [1.165, 1.54) is 12.3 Å². The van der Waals surface area contributed by atoms with Crippen LogP contribution in [0, 0.1) is 0 Å². The summed E-state index contributed by atoms with van der Waals surface area (Å²) in [4.78, 5) is 28.7. The molecular formula is C22H27N3O6. The molecule has 3 N–H and O–H groups in total. The summed E-state index contributed by atoms with van der Waals surface area (Å²) in [7, 11) is 0. The predicted molar refractivity (Wildman–Crippen MR) is 112 cm³/mol. The molecule has 0 spiro atoms. The summed E-state index contributed by atoms with van der Waals surface area (Å²) in [5.74, 6) is -0.412. The Bertz CT molecular complexity index is 867. The van der Waals surface area contributed by atoms with Gasteiger partial charge < -0.3 is 34.5 Å². The number of furan rings is 1. The number of hydrogen-bond acceptors (Lipinski definition) is 7. The molecule has 2 aliphatic heterocycles. The van der Waals surface area contributed by atoms with Crippen LogP contribution in [0.3, 0.4) is 0 Å². The lowest BCUT2D eigenvalue weighted by atomic mass is 10.0. The number of nitrogens with zero attached hydrogens (tertiary/aromatic N) is 2. The zero-order chi connectivity index (χ0) is 21.8. The summed E-state index contributed by atoms with van der Waals surface area (Å²) in [6.45, 7) is 2.63. The Labute approximate surface area is 180 Å². The van der Waals surface area contributed by atoms with Gasteiger partial charge in [-0.1, -0.05) is 18.2 Å². The molecule has 0 radical (unpaired) electrons. The number of piperazine rings is 1. The summed E-state index contributed by atoms with van der Waals surface area (Å²) in [6.07, 6.45) is -2.64. The van der Waals surface area contributed by atoms with Crippen LogP contribution in [0.2, 0.25) is 0 Å². The van der Waals surface area contributed by atoms with E-state index in [1.807, 2.05) is 30.3 Å². The SMILES string of the molecule is O=C(NC[C@H]1O[C@@H](CC(=O)N2CCN(c3ccccc3)CC2)[C@H](O)[C@@H]1O)c1ccco1. The van der Waals surface area contributed by atoms with Crippen LogP contribution in [0.15, 0.2) is 53.1 Å². The van der Waals surface area contributed by atoms with Gasteiger partial charge in [-0.2, -0.15) is 0 Å². The minimum Gasteiger partial charge on any atom is -0.459 e. The normalized spacial score (nSPS) is 26.1. The van der Waals surface area contributed by atoms with Gasteiger partial charge in [0.1, 0.15) is 18.3 Å². The average molecular weight is 429 g/mol. The van der Waals surface area contributed by atoms with Crippen molar-refractivity contribution in [2.24, 2.45) is 0 Å². The van der Waals surface area contributed by atoms with E-state index in [4.69, 9.17) is 9.15 Å². The lowest BCUT2D eigenvalue weighted by Crippen LogP contribution is -2.49. The van der Waals surface area contributed by atoms with E-state index in [2.05, 4.69) is 10.2 Å². The summed E-state index contributed by atoms with van der Waals surface area (Å²) in [5.41, 5.74) is 1.13. The van der Waals surface area contributed by atoms with E-state index in [0.29, 0.717) is 13.1 Å². The molecule has 0 bridgehead atoms. The molecule has 166 valence electrons. The Hall–Kier alpha value is -2.88. The molecule has 9 heteroatoms. The van der Waals surface area contributed by atoms with Crippen molar-refractivity contribution in [3.05, 3.63) is 54.5 Å². The number of hydrogen-bond donors (Lipinski definition) is 3. The first-order valence-corrected chi connectivity index (χ1v) is 10.4. The highest BCUT2D eigenvalue weighted by molar-refractivity contribution is 5.91.